The van der Waals surface area contributed by atoms with Gasteiger partial charge in [-0.15, -0.1) is 0 Å². The van der Waals surface area contributed by atoms with Crippen molar-refractivity contribution < 1.29 is 14.3 Å². The molecule has 1 amide bonds. The zero-order chi connectivity index (χ0) is 26.6. The van der Waals surface area contributed by atoms with Crippen LogP contribution >= 0.6 is 0 Å². The van der Waals surface area contributed by atoms with E-state index >= 15 is 0 Å². The molecule has 7 nitrogen and oxygen atoms in total. The quantitative estimate of drug-likeness (QED) is 0.291. The van der Waals surface area contributed by atoms with Gasteiger partial charge in [-0.2, -0.15) is 0 Å². The largest absolute Gasteiger partial charge is 0.495 e. The van der Waals surface area contributed by atoms with Gasteiger partial charge in [-0.25, -0.2) is 9.97 Å². The first kappa shape index (κ1) is 25.7. The lowest BCUT2D eigenvalue weighted by Gasteiger charge is -2.21. The maximum Gasteiger partial charge on any atom is 0.255 e. The summed E-state index contributed by atoms with van der Waals surface area (Å²) in [6.07, 6.45) is 3.41. The summed E-state index contributed by atoms with van der Waals surface area (Å²) in [6.45, 7) is 8.31. The van der Waals surface area contributed by atoms with Crippen LogP contribution in [0.3, 0.4) is 0 Å². The lowest BCUT2D eigenvalue weighted by atomic mass is 9.87. The van der Waals surface area contributed by atoms with Crippen LogP contribution in [0, 0.1) is 6.92 Å². The van der Waals surface area contributed by atoms with Crippen LogP contribution in [0.1, 0.15) is 42.3 Å². The van der Waals surface area contributed by atoms with Gasteiger partial charge in [-0.3, -0.25) is 4.79 Å². The van der Waals surface area contributed by atoms with Gasteiger partial charge < -0.3 is 20.1 Å². The van der Waals surface area contributed by atoms with Crippen LogP contribution in [0.2, 0.25) is 0 Å². The van der Waals surface area contributed by atoms with Crippen LogP contribution in [-0.4, -0.2) is 30.0 Å². The average Bonchev–Trinajstić information content (AvgIpc) is 2.89. The summed E-state index contributed by atoms with van der Waals surface area (Å²) in [5, 5.41) is 6.05. The molecule has 7 heteroatoms. The number of hydrogen-bond acceptors (Lipinski definition) is 6. The molecule has 0 unspecified atom stereocenters. The van der Waals surface area contributed by atoms with Gasteiger partial charge in [0, 0.05) is 30.6 Å². The summed E-state index contributed by atoms with van der Waals surface area (Å²) in [5.74, 6) is 2.07. The fourth-order valence-corrected chi connectivity index (χ4v) is 3.85. The van der Waals surface area contributed by atoms with Crippen molar-refractivity contribution in [1.29, 1.82) is 0 Å². The van der Waals surface area contributed by atoms with Crippen molar-refractivity contribution in [3.63, 3.8) is 0 Å². The number of nitrogens with one attached hydrogen (secondary N) is 2. The Bertz CT molecular complexity index is 1430. The van der Waals surface area contributed by atoms with Gasteiger partial charge >= 0.3 is 0 Å². The second-order valence-corrected chi connectivity index (χ2v) is 9.74. The van der Waals surface area contributed by atoms with Crippen molar-refractivity contribution >= 4 is 17.4 Å². The molecule has 0 bridgehead atoms. The van der Waals surface area contributed by atoms with E-state index in [1.165, 1.54) is 0 Å². The standard InChI is InChI=1S/C30H32N4O3/c1-19-9-10-21(28(35)34-24-18-22(30(2,3)4)11-12-25(24)36-6)16-26(19)37-29-23(8-7-14-33-29)20-13-15-32-27(17-20)31-5/h7-18H,1-6H3,(H,31,32)(H,34,35). The van der Waals surface area contributed by atoms with Crippen LogP contribution in [-0.2, 0) is 5.41 Å². The second kappa shape index (κ2) is 10.7. The first-order valence-corrected chi connectivity index (χ1v) is 12.1. The van der Waals surface area contributed by atoms with Crippen LogP contribution in [0.15, 0.2) is 73.1 Å². The normalized spacial score (nSPS) is 11.1. The molecular weight excluding hydrogens is 464 g/mol. The summed E-state index contributed by atoms with van der Waals surface area (Å²) < 4.78 is 11.7. The minimum atomic E-state index is -0.261. The number of rotatable bonds is 7. The van der Waals surface area contributed by atoms with Crippen LogP contribution in [0.25, 0.3) is 11.1 Å². The third kappa shape index (κ3) is 5.89. The Kier molecular flexibility index (Phi) is 7.43. The Labute approximate surface area is 217 Å². The molecule has 0 saturated carbocycles. The lowest BCUT2D eigenvalue weighted by molar-refractivity contribution is 0.102. The molecule has 2 heterocycles. The molecule has 0 saturated heterocycles. The number of ether oxygens (including phenoxy) is 2. The van der Waals surface area contributed by atoms with Crippen molar-refractivity contribution in [3.05, 3.63) is 89.7 Å². The Morgan fingerprint density at radius 3 is 2.46 bits per heavy atom. The maximum atomic E-state index is 13.3. The molecule has 0 atom stereocenters. The van der Waals surface area contributed by atoms with E-state index < -0.39 is 0 Å². The van der Waals surface area contributed by atoms with Gasteiger partial charge in [-0.1, -0.05) is 32.9 Å². The van der Waals surface area contributed by atoms with E-state index in [2.05, 4.69) is 41.4 Å². The minimum absolute atomic E-state index is 0.0697. The SMILES string of the molecule is CNc1cc(-c2cccnc2Oc2cc(C(=O)Nc3cc(C(C)(C)C)ccc3OC)ccc2C)ccn1. The molecule has 0 aliphatic rings. The monoisotopic (exact) mass is 496 g/mol. The Balaban J connectivity index is 1.63. The molecule has 0 spiro atoms. The van der Waals surface area contributed by atoms with Crippen molar-refractivity contribution in [2.75, 3.05) is 24.8 Å². The Morgan fingerprint density at radius 2 is 1.73 bits per heavy atom. The summed E-state index contributed by atoms with van der Waals surface area (Å²) in [4.78, 5) is 22.0. The summed E-state index contributed by atoms with van der Waals surface area (Å²) in [5.41, 5.74) is 4.72. The number of amides is 1. The molecule has 0 fully saturated rings. The smallest absolute Gasteiger partial charge is 0.255 e. The van der Waals surface area contributed by atoms with Crippen LogP contribution < -0.4 is 20.1 Å². The van der Waals surface area contributed by atoms with E-state index in [0.29, 0.717) is 28.6 Å². The third-order valence-electron chi connectivity index (χ3n) is 6.07. The van der Waals surface area contributed by atoms with Gasteiger partial charge in [-0.05, 0) is 77.6 Å². The number of benzene rings is 2. The highest BCUT2D eigenvalue weighted by atomic mass is 16.5. The van der Waals surface area contributed by atoms with Crippen LogP contribution in [0.5, 0.6) is 17.4 Å². The highest BCUT2D eigenvalue weighted by molar-refractivity contribution is 6.05. The van der Waals surface area contributed by atoms with Gasteiger partial charge in [0.25, 0.3) is 5.91 Å². The van der Waals surface area contributed by atoms with E-state index in [4.69, 9.17) is 9.47 Å². The molecule has 37 heavy (non-hydrogen) atoms. The van der Waals surface area contributed by atoms with Gasteiger partial charge in [0.2, 0.25) is 5.88 Å². The van der Waals surface area contributed by atoms with E-state index in [9.17, 15) is 4.79 Å². The average molecular weight is 497 g/mol. The molecule has 0 aliphatic heterocycles. The zero-order valence-corrected chi connectivity index (χ0v) is 22.0. The number of aryl methyl sites for hydroxylation is 1. The number of carbonyl (C=O) groups is 1. The molecule has 4 rings (SSSR count). The number of anilines is 2. The van der Waals surface area contributed by atoms with Crippen molar-refractivity contribution in [3.8, 4) is 28.5 Å². The van der Waals surface area contributed by atoms with Crippen molar-refractivity contribution in [2.24, 2.45) is 0 Å². The zero-order valence-electron chi connectivity index (χ0n) is 22.0. The van der Waals surface area contributed by atoms with E-state index in [1.807, 2.05) is 62.5 Å². The van der Waals surface area contributed by atoms with Crippen molar-refractivity contribution in [1.82, 2.24) is 9.97 Å². The summed E-state index contributed by atoms with van der Waals surface area (Å²) >= 11 is 0. The molecule has 2 N–H and O–H groups in total. The molecule has 0 radical (unpaired) electrons. The maximum absolute atomic E-state index is 13.3. The number of carbonyl (C=O) groups excluding carboxylic acids is 1. The molecular formula is C30H32N4O3. The second-order valence-electron chi connectivity index (χ2n) is 9.74. The van der Waals surface area contributed by atoms with Gasteiger partial charge in [0.1, 0.15) is 17.3 Å². The molecule has 2 aromatic heterocycles. The summed E-state index contributed by atoms with van der Waals surface area (Å²) in [6, 6.07) is 18.8. The first-order chi connectivity index (χ1) is 17.7. The van der Waals surface area contributed by atoms with E-state index in [-0.39, 0.29) is 11.3 Å². The lowest BCUT2D eigenvalue weighted by Crippen LogP contribution is -2.15. The first-order valence-electron chi connectivity index (χ1n) is 12.1. The molecule has 4 aromatic rings. The van der Waals surface area contributed by atoms with Crippen molar-refractivity contribution in [2.45, 2.75) is 33.1 Å². The van der Waals surface area contributed by atoms with E-state index in [1.54, 1.807) is 31.6 Å². The Hall–Kier alpha value is -4.39. The van der Waals surface area contributed by atoms with Gasteiger partial charge in [0.05, 0.1) is 12.8 Å². The predicted octanol–water partition coefficient (Wildman–Crippen LogP) is 6.84. The fraction of sp³-hybridized carbons (Fsp3) is 0.233. The summed E-state index contributed by atoms with van der Waals surface area (Å²) in [7, 11) is 3.41. The number of pyridine rings is 2. The minimum Gasteiger partial charge on any atom is -0.495 e. The number of nitrogens with zero attached hydrogens (tertiary/aromatic N) is 2. The molecule has 190 valence electrons. The fourth-order valence-electron chi connectivity index (χ4n) is 3.85. The van der Waals surface area contributed by atoms with Gasteiger partial charge in [0.15, 0.2) is 0 Å². The van der Waals surface area contributed by atoms with Crippen LogP contribution in [0.4, 0.5) is 11.5 Å². The topological polar surface area (TPSA) is 85.4 Å². The highest BCUT2D eigenvalue weighted by Gasteiger charge is 2.18. The number of hydrogen-bond donors (Lipinski definition) is 2. The number of aromatic nitrogens is 2. The van der Waals surface area contributed by atoms with E-state index in [0.717, 1.165) is 28.1 Å². The number of methoxy groups -OCH3 is 1. The molecule has 2 aromatic carbocycles. The third-order valence-corrected chi connectivity index (χ3v) is 6.07. The molecule has 0 aliphatic carbocycles. The Morgan fingerprint density at radius 1 is 0.919 bits per heavy atom. The highest BCUT2D eigenvalue weighted by Crippen LogP contribution is 2.35. The predicted molar refractivity (Wildman–Crippen MR) is 148 cm³/mol.